The lowest BCUT2D eigenvalue weighted by Gasteiger charge is -2.30. The van der Waals surface area contributed by atoms with Crippen LogP contribution in [0.4, 0.5) is 10.1 Å². The van der Waals surface area contributed by atoms with E-state index in [-0.39, 0.29) is 17.7 Å². The van der Waals surface area contributed by atoms with E-state index in [1.807, 2.05) is 53.4 Å². The van der Waals surface area contributed by atoms with E-state index in [4.69, 9.17) is 5.73 Å². The molecule has 0 unspecified atom stereocenters. The molecule has 1 fully saturated rings. The van der Waals surface area contributed by atoms with Gasteiger partial charge in [-0.15, -0.1) is 0 Å². The van der Waals surface area contributed by atoms with Crippen LogP contribution in [0, 0.1) is 11.7 Å². The summed E-state index contributed by atoms with van der Waals surface area (Å²) in [6.07, 6.45) is 5.18. The van der Waals surface area contributed by atoms with Gasteiger partial charge in [-0.25, -0.2) is 4.39 Å². The molecule has 0 radical (unpaired) electrons. The van der Waals surface area contributed by atoms with Gasteiger partial charge in [0.1, 0.15) is 5.82 Å². The number of para-hydroxylation sites is 1. The van der Waals surface area contributed by atoms with Gasteiger partial charge in [-0.05, 0) is 59.9 Å². The maximum atomic E-state index is 13.6. The lowest BCUT2D eigenvalue weighted by atomic mass is 9.88. The Bertz CT molecular complexity index is 1160. The number of hydrogen-bond donors (Lipinski definition) is 2. The summed E-state index contributed by atoms with van der Waals surface area (Å²) in [5, 5.41) is 2.94. The summed E-state index contributed by atoms with van der Waals surface area (Å²) in [7, 11) is 0. The lowest BCUT2D eigenvalue weighted by molar-refractivity contribution is -0.137. The van der Waals surface area contributed by atoms with Gasteiger partial charge in [0.25, 0.3) is 5.91 Å². The minimum atomic E-state index is -0.391. The number of rotatable bonds is 8. The zero-order valence-electron chi connectivity index (χ0n) is 19.9. The molecule has 3 N–H and O–H groups in total. The Morgan fingerprint density at radius 2 is 1.60 bits per heavy atom. The first-order chi connectivity index (χ1) is 17.0. The first-order valence-corrected chi connectivity index (χ1v) is 12.2. The summed E-state index contributed by atoms with van der Waals surface area (Å²) < 4.78 is 13.3. The van der Waals surface area contributed by atoms with Crippen LogP contribution in [0.1, 0.15) is 59.2 Å². The van der Waals surface area contributed by atoms with E-state index >= 15 is 0 Å². The van der Waals surface area contributed by atoms with Crippen LogP contribution in [0.15, 0.2) is 72.8 Å². The zero-order valence-corrected chi connectivity index (χ0v) is 19.9. The Balaban J connectivity index is 1.57. The number of halogens is 1. The number of hydrogen-bond acceptors (Lipinski definition) is 3. The molecule has 0 heterocycles. The van der Waals surface area contributed by atoms with E-state index < -0.39 is 5.82 Å². The summed E-state index contributed by atoms with van der Waals surface area (Å²) in [4.78, 5) is 28.3. The second-order valence-electron chi connectivity index (χ2n) is 9.17. The molecular formula is C29H32FN3O2. The Labute approximate surface area is 206 Å². The number of nitrogens with one attached hydrogen (secondary N) is 1. The fourth-order valence-electron chi connectivity index (χ4n) is 4.68. The van der Waals surface area contributed by atoms with Crippen LogP contribution in [0.5, 0.6) is 0 Å². The summed E-state index contributed by atoms with van der Waals surface area (Å²) in [6, 6.07) is 21.0. The van der Waals surface area contributed by atoms with Crippen molar-refractivity contribution in [3.63, 3.8) is 0 Å². The highest BCUT2D eigenvalue weighted by Gasteiger charge is 2.27. The van der Waals surface area contributed by atoms with Crippen LogP contribution in [0.25, 0.3) is 0 Å². The first-order valence-electron chi connectivity index (χ1n) is 12.2. The van der Waals surface area contributed by atoms with Gasteiger partial charge in [-0.2, -0.15) is 0 Å². The number of nitrogens with zero attached hydrogens (tertiary/aromatic N) is 1. The highest BCUT2D eigenvalue weighted by molar-refractivity contribution is 6.04. The van der Waals surface area contributed by atoms with Crippen LogP contribution < -0.4 is 11.1 Å². The molecule has 3 aromatic rings. The first kappa shape index (κ1) is 24.6. The Morgan fingerprint density at radius 3 is 2.34 bits per heavy atom. The average molecular weight is 474 g/mol. The highest BCUT2D eigenvalue weighted by atomic mass is 19.1. The van der Waals surface area contributed by atoms with Crippen molar-refractivity contribution in [1.82, 2.24) is 4.90 Å². The summed E-state index contributed by atoms with van der Waals surface area (Å²) in [5.74, 6) is -0.527. The molecular weight excluding hydrogens is 441 g/mol. The third kappa shape index (κ3) is 6.55. The molecule has 0 bridgehead atoms. The number of carbonyl (C=O) groups is 2. The van der Waals surface area contributed by atoms with E-state index in [2.05, 4.69) is 5.32 Å². The van der Waals surface area contributed by atoms with E-state index in [0.717, 1.165) is 42.4 Å². The molecule has 0 saturated heterocycles. The smallest absolute Gasteiger partial charge is 0.255 e. The molecule has 3 aromatic carbocycles. The van der Waals surface area contributed by atoms with Gasteiger partial charge in [0.2, 0.25) is 5.91 Å². The van der Waals surface area contributed by atoms with Gasteiger partial charge >= 0.3 is 0 Å². The van der Waals surface area contributed by atoms with Crippen molar-refractivity contribution >= 4 is 17.5 Å². The largest absolute Gasteiger partial charge is 0.334 e. The van der Waals surface area contributed by atoms with E-state index in [1.54, 1.807) is 0 Å². The minimum absolute atomic E-state index is 0.0300. The molecule has 1 aliphatic rings. The Hall–Kier alpha value is -3.51. The van der Waals surface area contributed by atoms with Crippen molar-refractivity contribution in [1.29, 1.82) is 0 Å². The van der Waals surface area contributed by atoms with Crippen molar-refractivity contribution in [2.45, 2.75) is 51.7 Å². The predicted octanol–water partition coefficient (Wildman–Crippen LogP) is 5.65. The van der Waals surface area contributed by atoms with Crippen LogP contribution >= 0.6 is 0 Å². The van der Waals surface area contributed by atoms with Gasteiger partial charge in [0.05, 0.1) is 0 Å². The fourth-order valence-corrected chi connectivity index (χ4v) is 4.68. The normalized spacial score (nSPS) is 13.9. The molecule has 1 aliphatic carbocycles. The van der Waals surface area contributed by atoms with Crippen LogP contribution in [0.3, 0.4) is 0 Å². The molecule has 1 saturated carbocycles. The number of amides is 2. The van der Waals surface area contributed by atoms with E-state index in [1.165, 1.54) is 30.7 Å². The van der Waals surface area contributed by atoms with Crippen molar-refractivity contribution < 1.29 is 14.0 Å². The SMILES string of the molecule is NCc1cccc(CN(Cc2ccccc2NC(=O)c2ccc(F)cc2)C(=O)C2CCCCC2)c1. The zero-order chi connectivity index (χ0) is 24.6. The summed E-state index contributed by atoms with van der Waals surface area (Å²) in [6.45, 7) is 1.30. The molecule has 0 spiro atoms. The molecule has 35 heavy (non-hydrogen) atoms. The lowest BCUT2D eigenvalue weighted by Crippen LogP contribution is -2.36. The molecule has 0 atom stereocenters. The number of anilines is 1. The predicted molar refractivity (Wildman–Crippen MR) is 136 cm³/mol. The quantitative estimate of drug-likeness (QED) is 0.444. The Morgan fingerprint density at radius 1 is 0.886 bits per heavy atom. The number of carbonyl (C=O) groups excluding carboxylic acids is 2. The van der Waals surface area contributed by atoms with Gasteiger partial charge in [-0.3, -0.25) is 9.59 Å². The maximum Gasteiger partial charge on any atom is 0.255 e. The summed E-state index contributed by atoms with van der Waals surface area (Å²) >= 11 is 0. The highest BCUT2D eigenvalue weighted by Crippen LogP contribution is 2.28. The molecule has 0 aliphatic heterocycles. The molecule has 2 amide bonds. The standard InChI is InChI=1S/C29H32FN3O2/c30-26-15-13-23(14-16-26)28(34)32-27-12-5-4-11-25(27)20-33(29(35)24-9-2-1-3-10-24)19-22-8-6-7-21(17-22)18-31/h4-8,11-17,24H,1-3,9-10,18-20,31H2,(H,32,34). The van der Waals surface area contributed by atoms with Gasteiger partial charge < -0.3 is 16.0 Å². The van der Waals surface area contributed by atoms with Crippen molar-refractivity contribution in [3.05, 3.63) is 101 Å². The maximum absolute atomic E-state index is 13.6. The third-order valence-corrected chi connectivity index (χ3v) is 6.60. The Kier molecular flexibility index (Phi) is 8.27. The van der Waals surface area contributed by atoms with Crippen molar-refractivity contribution in [3.8, 4) is 0 Å². The van der Waals surface area contributed by atoms with Crippen LogP contribution in [-0.2, 0) is 24.4 Å². The molecule has 4 rings (SSSR count). The van der Waals surface area contributed by atoms with Gasteiger partial charge in [0.15, 0.2) is 0 Å². The van der Waals surface area contributed by atoms with Crippen molar-refractivity contribution in [2.24, 2.45) is 11.7 Å². The van der Waals surface area contributed by atoms with E-state index in [9.17, 15) is 14.0 Å². The third-order valence-electron chi connectivity index (χ3n) is 6.60. The van der Waals surface area contributed by atoms with Crippen LogP contribution in [-0.4, -0.2) is 16.7 Å². The second kappa shape index (κ2) is 11.8. The fraction of sp³-hybridized carbons (Fsp3) is 0.310. The van der Waals surface area contributed by atoms with Gasteiger partial charge in [0, 0.05) is 36.8 Å². The van der Waals surface area contributed by atoms with E-state index in [0.29, 0.717) is 30.9 Å². The molecule has 182 valence electrons. The number of nitrogens with two attached hydrogens (primary N) is 1. The van der Waals surface area contributed by atoms with Gasteiger partial charge in [-0.1, -0.05) is 61.7 Å². The minimum Gasteiger partial charge on any atom is -0.334 e. The van der Waals surface area contributed by atoms with Crippen LogP contribution in [0.2, 0.25) is 0 Å². The molecule has 5 nitrogen and oxygen atoms in total. The monoisotopic (exact) mass is 473 g/mol. The van der Waals surface area contributed by atoms with Crippen molar-refractivity contribution in [2.75, 3.05) is 5.32 Å². The summed E-state index contributed by atoms with van der Waals surface area (Å²) in [5.41, 5.74) is 9.75. The average Bonchev–Trinajstić information content (AvgIpc) is 2.90. The topological polar surface area (TPSA) is 75.4 Å². The number of benzene rings is 3. The second-order valence-corrected chi connectivity index (χ2v) is 9.17. The molecule has 0 aromatic heterocycles. The molecule has 6 heteroatoms.